The van der Waals surface area contributed by atoms with Gasteiger partial charge in [-0.05, 0) is 18.2 Å². The van der Waals surface area contributed by atoms with Crippen LogP contribution in [0.2, 0.25) is 0 Å². The van der Waals surface area contributed by atoms with Crippen LogP contribution in [0.1, 0.15) is 5.56 Å². The maximum Gasteiger partial charge on any atom is 0.416 e. The summed E-state index contributed by atoms with van der Waals surface area (Å²) in [6.07, 6.45) is -3.19. The fourth-order valence-electron chi connectivity index (χ4n) is 2.19. The molecule has 8 heteroatoms. The number of hydrogen-bond acceptors (Lipinski definition) is 1. The molecule has 0 saturated carbocycles. The van der Waals surface area contributed by atoms with Gasteiger partial charge in [0.25, 0.3) is 0 Å². The van der Waals surface area contributed by atoms with Gasteiger partial charge in [-0.25, -0.2) is 13.6 Å². The van der Waals surface area contributed by atoms with Gasteiger partial charge in [0.15, 0.2) is 5.67 Å². The molecule has 118 valence electrons. The third-order valence-electron chi connectivity index (χ3n) is 3.22. The van der Waals surface area contributed by atoms with Crippen molar-refractivity contribution in [3.8, 4) is 0 Å². The second-order valence-electron chi connectivity index (χ2n) is 4.69. The molecule has 1 aromatic carbocycles. The Hall–Kier alpha value is -2.38. The van der Waals surface area contributed by atoms with E-state index in [1.807, 2.05) is 5.32 Å². The molecular weight excluding hydrogens is 307 g/mol. The summed E-state index contributed by atoms with van der Waals surface area (Å²) >= 11 is 0. The zero-order valence-electron chi connectivity index (χ0n) is 11.0. The Morgan fingerprint density at radius 2 is 1.91 bits per heavy atom. The third kappa shape index (κ3) is 2.95. The van der Waals surface area contributed by atoms with Gasteiger partial charge in [-0.15, -0.1) is 0 Å². The van der Waals surface area contributed by atoms with Crippen LogP contribution in [0.15, 0.2) is 48.1 Å². The minimum absolute atomic E-state index is 0.469. The number of nitrogens with two attached hydrogens (primary N) is 1. The quantitative estimate of drug-likeness (QED) is 0.809. The highest BCUT2D eigenvalue weighted by Crippen LogP contribution is 2.40. The summed E-state index contributed by atoms with van der Waals surface area (Å²) in [6, 6.07) is 1.68. The number of nitrogens with one attached hydrogen (secondary N) is 1. The topological polar surface area (TPSA) is 55.1 Å². The molecule has 2 amide bonds. The van der Waals surface area contributed by atoms with Gasteiger partial charge in [0, 0.05) is 5.56 Å². The lowest BCUT2D eigenvalue weighted by Gasteiger charge is -2.33. The van der Waals surface area contributed by atoms with Crippen LogP contribution < -0.4 is 11.1 Å². The fourth-order valence-corrected chi connectivity index (χ4v) is 2.19. The summed E-state index contributed by atoms with van der Waals surface area (Å²) < 4.78 is 67.1. The number of benzene rings is 1. The van der Waals surface area contributed by atoms with Crippen molar-refractivity contribution in [3.63, 3.8) is 0 Å². The van der Waals surface area contributed by atoms with Crippen molar-refractivity contribution in [1.82, 2.24) is 5.32 Å². The number of urea groups is 1. The first-order valence-electron chi connectivity index (χ1n) is 6.13. The lowest BCUT2D eigenvalue weighted by Crippen LogP contribution is -2.50. The summed E-state index contributed by atoms with van der Waals surface area (Å²) in [5.41, 5.74) is 0.530. The summed E-state index contributed by atoms with van der Waals surface area (Å²) in [7, 11) is 0. The van der Waals surface area contributed by atoms with E-state index in [9.17, 15) is 22.4 Å². The van der Waals surface area contributed by atoms with E-state index in [0.29, 0.717) is 18.2 Å². The Labute approximate surface area is 122 Å². The first-order valence-corrected chi connectivity index (χ1v) is 6.13. The number of alkyl halides is 4. The van der Waals surface area contributed by atoms with Crippen molar-refractivity contribution < 1.29 is 26.7 Å². The molecule has 1 aliphatic rings. The van der Waals surface area contributed by atoms with E-state index in [-0.39, 0.29) is 0 Å². The van der Waals surface area contributed by atoms with Crippen LogP contribution in [0.25, 0.3) is 0 Å². The van der Waals surface area contributed by atoms with Gasteiger partial charge in [0.05, 0.1) is 11.6 Å². The smallest absolute Gasteiger partial charge is 0.352 e. The van der Waals surface area contributed by atoms with Gasteiger partial charge in [-0.3, -0.25) is 0 Å². The molecule has 3 nitrogen and oxygen atoms in total. The maximum atomic E-state index is 15.1. The number of carbonyl (C=O) groups is 1. The minimum atomic E-state index is -4.73. The van der Waals surface area contributed by atoms with Crippen molar-refractivity contribution in [2.24, 2.45) is 5.73 Å². The predicted molar refractivity (Wildman–Crippen MR) is 69.0 cm³/mol. The predicted octanol–water partition coefficient (Wildman–Crippen LogP) is 3.09. The zero-order chi connectivity index (χ0) is 16.5. The van der Waals surface area contributed by atoms with E-state index in [1.165, 1.54) is 12.1 Å². The number of amides is 2. The number of allylic oxidation sites excluding steroid dienone is 2. The van der Waals surface area contributed by atoms with Crippen LogP contribution in [0.3, 0.4) is 0 Å². The van der Waals surface area contributed by atoms with Gasteiger partial charge in [-0.2, -0.15) is 13.2 Å². The molecule has 22 heavy (non-hydrogen) atoms. The molecule has 2 rings (SSSR count). The molecule has 1 aromatic rings. The lowest BCUT2D eigenvalue weighted by atomic mass is 9.82. The van der Waals surface area contributed by atoms with Gasteiger partial charge < -0.3 is 11.1 Å². The average molecular weight is 318 g/mol. The molecule has 0 aliphatic heterocycles. The minimum Gasteiger partial charge on any atom is -0.352 e. The Kier molecular flexibility index (Phi) is 3.95. The van der Waals surface area contributed by atoms with E-state index >= 15 is 4.39 Å². The highest BCUT2D eigenvalue weighted by Gasteiger charge is 2.45. The molecule has 0 aromatic heterocycles. The average Bonchev–Trinajstić information content (AvgIpc) is 2.40. The van der Waals surface area contributed by atoms with E-state index in [2.05, 4.69) is 0 Å². The normalized spacial score (nSPS) is 24.8. The Morgan fingerprint density at radius 1 is 1.27 bits per heavy atom. The van der Waals surface area contributed by atoms with Crippen LogP contribution in [-0.2, 0) is 5.67 Å². The largest absolute Gasteiger partial charge is 0.416 e. The van der Waals surface area contributed by atoms with Crippen molar-refractivity contribution in [1.29, 1.82) is 0 Å². The summed E-state index contributed by atoms with van der Waals surface area (Å²) in [6.45, 7) is 0. The molecule has 0 fully saturated rings. The van der Waals surface area contributed by atoms with Gasteiger partial charge in [-0.1, -0.05) is 24.3 Å². The van der Waals surface area contributed by atoms with E-state index in [0.717, 1.165) is 12.1 Å². The van der Waals surface area contributed by atoms with Crippen molar-refractivity contribution in [2.45, 2.75) is 17.9 Å². The lowest BCUT2D eigenvalue weighted by molar-refractivity contribution is -0.0893. The highest BCUT2D eigenvalue weighted by atomic mass is 19.4. The van der Waals surface area contributed by atoms with Crippen LogP contribution in [-0.4, -0.2) is 18.2 Å². The van der Waals surface area contributed by atoms with Gasteiger partial charge in [0.1, 0.15) is 5.82 Å². The maximum absolute atomic E-state index is 15.1. The molecule has 1 aliphatic carbocycles. The monoisotopic (exact) mass is 318 g/mol. The second kappa shape index (κ2) is 5.43. The van der Waals surface area contributed by atoms with E-state index in [4.69, 9.17) is 5.73 Å². The molecule has 0 radical (unpaired) electrons. The summed E-state index contributed by atoms with van der Waals surface area (Å²) in [5.74, 6) is -0.949. The third-order valence-corrected chi connectivity index (χ3v) is 3.22. The molecule has 3 N–H and O–H groups in total. The van der Waals surface area contributed by atoms with Crippen molar-refractivity contribution in [2.75, 3.05) is 0 Å². The fraction of sp³-hybridized carbons (Fsp3) is 0.214. The number of halogens is 5. The standard InChI is InChI=1S/C14H11F5N2O/c15-10-4-2-1-3-9(10)13(16)6-5-8(14(17,18)19)7-11(13)21-12(20)22/h1-7,11H,(H3,20,21,22). The van der Waals surface area contributed by atoms with Gasteiger partial charge >= 0.3 is 12.2 Å². The van der Waals surface area contributed by atoms with Crippen LogP contribution in [0, 0.1) is 5.82 Å². The Bertz CT molecular complexity index is 653. The molecule has 0 saturated heterocycles. The summed E-state index contributed by atoms with van der Waals surface area (Å²) in [5, 5.41) is 1.87. The van der Waals surface area contributed by atoms with Crippen molar-refractivity contribution >= 4 is 6.03 Å². The van der Waals surface area contributed by atoms with E-state index < -0.39 is 40.9 Å². The Balaban J connectivity index is 2.52. The van der Waals surface area contributed by atoms with Crippen molar-refractivity contribution in [3.05, 3.63) is 59.4 Å². The number of primary amides is 1. The van der Waals surface area contributed by atoms with Crippen LogP contribution >= 0.6 is 0 Å². The van der Waals surface area contributed by atoms with Crippen LogP contribution in [0.5, 0.6) is 0 Å². The summed E-state index contributed by atoms with van der Waals surface area (Å²) in [4.78, 5) is 10.9. The molecule has 0 heterocycles. The van der Waals surface area contributed by atoms with E-state index in [1.54, 1.807) is 0 Å². The molecular formula is C14H11F5N2O. The first kappa shape index (κ1) is 16.0. The number of carbonyl (C=O) groups excluding carboxylic acids is 1. The number of hydrogen-bond donors (Lipinski definition) is 2. The molecule has 2 atom stereocenters. The Morgan fingerprint density at radius 3 is 2.45 bits per heavy atom. The second-order valence-corrected chi connectivity index (χ2v) is 4.69. The molecule has 2 unspecified atom stereocenters. The molecule has 0 bridgehead atoms. The van der Waals surface area contributed by atoms with Gasteiger partial charge in [0.2, 0.25) is 0 Å². The molecule has 0 spiro atoms. The zero-order valence-corrected chi connectivity index (χ0v) is 11.0. The SMILES string of the molecule is NC(=O)NC1C=C(C(F)(F)F)C=CC1(F)c1ccccc1F. The first-order chi connectivity index (χ1) is 10.1. The highest BCUT2D eigenvalue weighted by molar-refractivity contribution is 5.73. The van der Waals surface area contributed by atoms with Crippen LogP contribution in [0.4, 0.5) is 26.7 Å². The number of rotatable bonds is 2.